The Morgan fingerprint density at radius 3 is 2.43 bits per heavy atom. The van der Waals surface area contributed by atoms with Crippen LogP contribution in [0.15, 0.2) is 27.8 Å². The van der Waals surface area contributed by atoms with Crippen LogP contribution in [0.25, 0.3) is 0 Å². The fraction of sp³-hybridized carbons (Fsp3) is 0.562. The fourth-order valence-corrected chi connectivity index (χ4v) is 4.40. The molecule has 1 spiro atoms. The van der Waals surface area contributed by atoms with Gasteiger partial charge in [-0.15, -0.1) is 0 Å². The van der Waals surface area contributed by atoms with Gasteiger partial charge in [0.1, 0.15) is 0 Å². The Bertz CT molecular complexity index is 542. The largest absolute Gasteiger partial charge is 0.409 e. The Morgan fingerprint density at radius 2 is 1.86 bits per heavy atom. The first-order chi connectivity index (χ1) is 10.1. The molecule has 3 rings (SSSR count). The summed E-state index contributed by atoms with van der Waals surface area (Å²) in [7, 11) is 0. The summed E-state index contributed by atoms with van der Waals surface area (Å²) in [6.45, 7) is 2.27. The molecule has 4 nitrogen and oxygen atoms in total. The van der Waals surface area contributed by atoms with Crippen LogP contribution in [0.4, 0.5) is 5.69 Å². The predicted octanol–water partition coefficient (Wildman–Crippen LogP) is 3.70. The number of hydrogen-bond acceptors (Lipinski definition) is 3. The van der Waals surface area contributed by atoms with Crippen LogP contribution in [0, 0.1) is 5.41 Å². The average Bonchev–Trinajstić information content (AvgIpc) is 2.95. The molecule has 1 aliphatic heterocycles. The van der Waals surface area contributed by atoms with Gasteiger partial charge in [-0.3, -0.25) is 0 Å². The van der Waals surface area contributed by atoms with E-state index >= 15 is 0 Å². The highest BCUT2D eigenvalue weighted by molar-refractivity contribution is 9.10. The van der Waals surface area contributed by atoms with Gasteiger partial charge in [-0.2, -0.15) is 0 Å². The summed E-state index contributed by atoms with van der Waals surface area (Å²) in [5, 5.41) is 11.8. The summed E-state index contributed by atoms with van der Waals surface area (Å²) in [6.07, 6.45) is 8.30. The van der Waals surface area contributed by atoms with Crippen LogP contribution < -0.4 is 10.6 Å². The van der Waals surface area contributed by atoms with Gasteiger partial charge in [-0.25, -0.2) is 0 Å². The van der Waals surface area contributed by atoms with E-state index in [4.69, 9.17) is 10.9 Å². The van der Waals surface area contributed by atoms with E-state index in [1.807, 2.05) is 6.07 Å². The van der Waals surface area contributed by atoms with Gasteiger partial charge in [0, 0.05) is 28.8 Å². The van der Waals surface area contributed by atoms with Crippen molar-refractivity contribution in [2.75, 3.05) is 18.0 Å². The fourth-order valence-electron chi connectivity index (χ4n) is 3.83. The van der Waals surface area contributed by atoms with E-state index in [1.54, 1.807) is 0 Å². The standard InChI is InChI=1S/C16H22BrN3O/c17-14-11-12(3-4-13(14)15(18)19-21)20-9-7-16(8-10-20)5-1-2-6-16/h3-4,11,21H,1-2,5-10H2,(H2,18,19). The lowest BCUT2D eigenvalue weighted by Gasteiger charge is -2.40. The summed E-state index contributed by atoms with van der Waals surface area (Å²) in [4.78, 5) is 2.45. The molecule has 0 bridgehead atoms. The van der Waals surface area contributed by atoms with E-state index in [1.165, 1.54) is 44.2 Å². The molecule has 1 saturated carbocycles. The first kappa shape index (κ1) is 14.7. The zero-order chi connectivity index (χ0) is 14.9. The smallest absolute Gasteiger partial charge is 0.171 e. The van der Waals surface area contributed by atoms with Crippen LogP contribution in [0.3, 0.4) is 0 Å². The SMILES string of the molecule is N/C(=N/O)c1ccc(N2CCC3(CCCC3)CC2)cc1Br. The van der Waals surface area contributed by atoms with Crippen LogP contribution in [0.5, 0.6) is 0 Å². The minimum atomic E-state index is 0.136. The first-order valence-corrected chi connectivity index (χ1v) is 8.45. The summed E-state index contributed by atoms with van der Waals surface area (Å²) in [5.74, 6) is 0.136. The van der Waals surface area contributed by atoms with E-state index in [9.17, 15) is 0 Å². The van der Waals surface area contributed by atoms with Gasteiger partial charge in [-0.05, 0) is 65.2 Å². The van der Waals surface area contributed by atoms with Crippen LogP contribution in [-0.2, 0) is 0 Å². The Balaban J connectivity index is 1.72. The molecule has 1 heterocycles. The Labute approximate surface area is 134 Å². The highest BCUT2D eigenvalue weighted by Gasteiger charge is 2.36. The average molecular weight is 352 g/mol. The van der Waals surface area contributed by atoms with Crippen molar-refractivity contribution in [3.8, 4) is 0 Å². The third kappa shape index (κ3) is 2.89. The van der Waals surface area contributed by atoms with Gasteiger partial charge in [0.15, 0.2) is 5.84 Å². The van der Waals surface area contributed by atoms with Gasteiger partial charge < -0.3 is 15.8 Å². The highest BCUT2D eigenvalue weighted by Crippen LogP contribution is 2.46. The number of nitrogens with zero attached hydrogens (tertiary/aromatic N) is 2. The van der Waals surface area contributed by atoms with Crippen molar-refractivity contribution in [1.82, 2.24) is 0 Å². The maximum absolute atomic E-state index is 8.78. The molecule has 2 fully saturated rings. The number of benzene rings is 1. The molecule has 2 aliphatic rings. The Kier molecular flexibility index (Phi) is 4.11. The Morgan fingerprint density at radius 1 is 1.19 bits per heavy atom. The summed E-state index contributed by atoms with van der Waals surface area (Å²) < 4.78 is 0.872. The second kappa shape index (κ2) is 5.87. The lowest BCUT2D eigenvalue weighted by Crippen LogP contribution is -2.38. The first-order valence-electron chi connectivity index (χ1n) is 7.66. The molecule has 114 valence electrons. The maximum atomic E-state index is 8.78. The quantitative estimate of drug-likeness (QED) is 0.369. The normalized spacial score (nSPS) is 22.0. The van der Waals surface area contributed by atoms with E-state index in [2.05, 4.69) is 38.1 Å². The molecule has 1 aromatic rings. The van der Waals surface area contributed by atoms with Crippen LogP contribution in [-0.4, -0.2) is 24.1 Å². The Hall–Kier alpha value is -1.23. The van der Waals surface area contributed by atoms with E-state index in [0.717, 1.165) is 23.1 Å². The summed E-state index contributed by atoms with van der Waals surface area (Å²) in [5.41, 5.74) is 8.24. The van der Waals surface area contributed by atoms with Gasteiger partial charge in [-0.1, -0.05) is 18.0 Å². The molecule has 1 aromatic carbocycles. The molecule has 1 saturated heterocycles. The highest BCUT2D eigenvalue weighted by atomic mass is 79.9. The number of hydrogen-bond donors (Lipinski definition) is 2. The van der Waals surface area contributed by atoms with Crippen LogP contribution >= 0.6 is 15.9 Å². The molecule has 3 N–H and O–H groups in total. The number of anilines is 1. The van der Waals surface area contributed by atoms with E-state index in [-0.39, 0.29) is 5.84 Å². The topological polar surface area (TPSA) is 61.9 Å². The number of piperidine rings is 1. The molecule has 0 radical (unpaired) electrons. The van der Waals surface area contributed by atoms with Crippen molar-refractivity contribution in [2.24, 2.45) is 16.3 Å². The van der Waals surface area contributed by atoms with Crippen molar-refractivity contribution < 1.29 is 5.21 Å². The molecule has 21 heavy (non-hydrogen) atoms. The minimum Gasteiger partial charge on any atom is -0.409 e. The second-order valence-corrected chi connectivity index (χ2v) is 7.20. The number of halogens is 1. The molecular formula is C16H22BrN3O. The summed E-state index contributed by atoms with van der Waals surface area (Å²) in [6, 6.07) is 6.04. The zero-order valence-corrected chi connectivity index (χ0v) is 13.8. The molecule has 0 unspecified atom stereocenters. The van der Waals surface area contributed by atoms with Crippen molar-refractivity contribution in [3.63, 3.8) is 0 Å². The third-order valence-corrected chi connectivity index (χ3v) is 5.85. The zero-order valence-electron chi connectivity index (χ0n) is 12.2. The number of nitrogens with two attached hydrogens (primary N) is 1. The van der Waals surface area contributed by atoms with Crippen molar-refractivity contribution in [3.05, 3.63) is 28.2 Å². The van der Waals surface area contributed by atoms with Gasteiger partial charge >= 0.3 is 0 Å². The molecule has 1 aliphatic carbocycles. The van der Waals surface area contributed by atoms with Gasteiger partial charge in [0.25, 0.3) is 0 Å². The lowest BCUT2D eigenvalue weighted by atomic mass is 9.77. The summed E-state index contributed by atoms with van der Waals surface area (Å²) >= 11 is 3.52. The molecule has 0 atom stereocenters. The molecular weight excluding hydrogens is 330 g/mol. The number of oxime groups is 1. The molecule has 0 aromatic heterocycles. The number of rotatable bonds is 2. The third-order valence-electron chi connectivity index (χ3n) is 5.19. The van der Waals surface area contributed by atoms with Crippen LogP contribution in [0.2, 0.25) is 0 Å². The maximum Gasteiger partial charge on any atom is 0.171 e. The number of amidine groups is 1. The van der Waals surface area contributed by atoms with E-state index < -0.39 is 0 Å². The van der Waals surface area contributed by atoms with Gasteiger partial charge in [0.05, 0.1) is 0 Å². The minimum absolute atomic E-state index is 0.136. The van der Waals surface area contributed by atoms with Crippen LogP contribution in [0.1, 0.15) is 44.1 Å². The van der Waals surface area contributed by atoms with E-state index in [0.29, 0.717) is 5.41 Å². The lowest BCUT2D eigenvalue weighted by molar-refractivity contribution is 0.226. The molecule has 5 heteroatoms. The predicted molar refractivity (Wildman–Crippen MR) is 89.0 cm³/mol. The van der Waals surface area contributed by atoms with Gasteiger partial charge in [0.2, 0.25) is 0 Å². The second-order valence-electron chi connectivity index (χ2n) is 6.34. The van der Waals surface area contributed by atoms with Crippen molar-refractivity contribution in [1.29, 1.82) is 0 Å². The molecule has 0 amide bonds. The monoisotopic (exact) mass is 351 g/mol. The van der Waals surface area contributed by atoms with Crippen molar-refractivity contribution >= 4 is 27.5 Å². The van der Waals surface area contributed by atoms with Crippen molar-refractivity contribution in [2.45, 2.75) is 38.5 Å².